The van der Waals surface area contributed by atoms with E-state index in [2.05, 4.69) is 10.3 Å². The van der Waals surface area contributed by atoms with Crippen LogP contribution in [-0.4, -0.2) is 36.5 Å². The largest absolute Gasteiger partial charge is 0.501 e. The highest BCUT2D eigenvalue weighted by atomic mass is 32.2. The zero-order chi connectivity index (χ0) is 22.8. The smallest absolute Gasteiger partial charge is 0.497 e. The number of ether oxygens (including phenoxy) is 1. The van der Waals surface area contributed by atoms with E-state index in [-0.39, 0.29) is 5.56 Å². The first-order valence-corrected chi connectivity index (χ1v) is 10.4. The summed E-state index contributed by atoms with van der Waals surface area (Å²) in [7, 11) is -2.21. The number of hydrogen-bond donors (Lipinski definition) is 1. The number of sulfone groups is 1. The minimum atomic E-state index is -5.49. The van der Waals surface area contributed by atoms with E-state index in [0.29, 0.717) is 17.1 Å². The highest BCUT2D eigenvalue weighted by Crippen LogP contribution is 2.30. The second kappa shape index (κ2) is 8.42. The third-order valence-corrected chi connectivity index (χ3v) is 6.07. The third kappa shape index (κ3) is 4.55. The first-order valence-electron chi connectivity index (χ1n) is 8.88. The number of alkyl halides is 3. The van der Waals surface area contributed by atoms with Crippen molar-refractivity contribution in [2.75, 3.05) is 7.11 Å². The number of rotatable bonds is 6. The fraction of sp³-hybridized carbons (Fsp3) is 0.200. The van der Waals surface area contributed by atoms with Crippen molar-refractivity contribution in [1.29, 1.82) is 0 Å². The monoisotopic (exact) mass is 453 g/mol. The van der Waals surface area contributed by atoms with Gasteiger partial charge in [-0.25, -0.2) is 13.4 Å². The molecule has 1 N–H and O–H groups in total. The Balaban J connectivity index is 1.89. The Hall–Kier alpha value is -3.34. The maximum absolute atomic E-state index is 12.8. The van der Waals surface area contributed by atoms with Crippen molar-refractivity contribution in [2.45, 2.75) is 16.4 Å². The molecule has 1 heterocycles. The lowest BCUT2D eigenvalue weighted by atomic mass is 10.0. The van der Waals surface area contributed by atoms with Gasteiger partial charge in [0.1, 0.15) is 17.6 Å². The van der Waals surface area contributed by atoms with Gasteiger partial charge in [0, 0.05) is 25.0 Å². The van der Waals surface area contributed by atoms with Crippen molar-refractivity contribution in [3.8, 4) is 5.75 Å². The van der Waals surface area contributed by atoms with Crippen LogP contribution in [0.25, 0.3) is 0 Å². The first-order chi connectivity index (χ1) is 14.5. The summed E-state index contributed by atoms with van der Waals surface area (Å²) in [4.78, 5) is 16.1. The minimum absolute atomic E-state index is 0.00570. The van der Waals surface area contributed by atoms with Gasteiger partial charge in [-0.05, 0) is 42.0 Å². The lowest BCUT2D eigenvalue weighted by Crippen LogP contribution is -2.31. The molecule has 2 aromatic carbocycles. The van der Waals surface area contributed by atoms with Crippen LogP contribution >= 0.6 is 0 Å². The van der Waals surface area contributed by atoms with Crippen molar-refractivity contribution in [3.05, 3.63) is 77.9 Å². The zero-order valence-corrected chi connectivity index (χ0v) is 17.2. The van der Waals surface area contributed by atoms with E-state index in [1.165, 1.54) is 7.11 Å². The fourth-order valence-corrected chi connectivity index (χ4v) is 3.64. The van der Waals surface area contributed by atoms with Gasteiger partial charge in [0.15, 0.2) is 0 Å². The van der Waals surface area contributed by atoms with Crippen molar-refractivity contribution in [1.82, 2.24) is 14.9 Å². The number of benzene rings is 2. The van der Waals surface area contributed by atoms with Gasteiger partial charge < -0.3 is 14.6 Å². The van der Waals surface area contributed by atoms with E-state index >= 15 is 0 Å². The van der Waals surface area contributed by atoms with Crippen molar-refractivity contribution in [2.24, 2.45) is 7.05 Å². The number of carbonyl (C=O) groups is 1. The Morgan fingerprint density at radius 1 is 1.10 bits per heavy atom. The lowest BCUT2D eigenvalue weighted by Gasteiger charge is -2.19. The van der Waals surface area contributed by atoms with E-state index in [4.69, 9.17) is 4.74 Å². The van der Waals surface area contributed by atoms with Gasteiger partial charge in [-0.15, -0.1) is 0 Å². The van der Waals surface area contributed by atoms with Gasteiger partial charge in [-0.2, -0.15) is 13.2 Å². The number of carbonyl (C=O) groups excluding carboxylic acids is 1. The average Bonchev–Trinajstić information content (AvgIpc) is 3.16. The molecule has 0 aliphatic heterocycles. The highest BCUT2D eigenvalue weighted by Gasteiger charge is 2.46. The van der Waals surface area contributed by atoms with Crippen LogP contribution in [0.3, 0.4) is 0 Å². The molecule has 0 saturated heterocycles. The molecule has 11 heteroatoms. The summed E-state index contributed by atoms with van der Waals surface area (Å²) >= 11 is 0. The molecule has 164 valence electrons. The Bertz CT molecular complexity index is 1170. The number of halogens is 3. The molecular formula is C20H18F3N3O4S. The molecule has 1 unspecified atom stereocenters. The molecule has 0 aliphatic rings. The molecule has 0 radical (unpaired) electrons. The molecule has 0 fully saturated rings. The molecule has 3 aromatic rings. The van der Waals surface area contributed by atoms with Gasteiger partial charge in [0.2, 0.25) is 0 Å². The lowest BCUT2D eigenvalue weighted by molar-refractivity contribution is -0.0436. The van der Waals surface area contributed by atoms with Gasteiger partial charge in [-0.3, -0.25) is 4.79 Å². The number of methoxy groups -OCH3 is 1. The van der Waals surface area contributed by atoms with Gasteiger partial charge in [0.05, 0.1) is 12.0 Å². The summed E-state index contributed by atoms with van der Waals surface area (Å²) in [5.74, 6) is 0.532. The van der Waals surface area contributed by atoms with E-state index in [1.807, 2.05) is 0 Å². The Kier molecular flexibility index (Phi) is 6.07. The molecule has 1 aromatic heterocycles. The van der Waals surface area contributed by atoms with E-state index in [0.717, 1.165) is 24.3 Å². The molecule has 0 spiro atoms. The molecule has 1 amide bonds. The third-order valence-electron chi connectivity index (χ3n) is 4.57. The maximum Gasteiger partial charge on any atom is 0.501 e. The second-order valence-electron chi connectivity index (χ2n) is 6.55. The maximum atomic E-state index is 12.8. The minimum Gasteiger partial charge on any atom is -0.497 e. The molecule has 31 heavy (non-hydrogen) atoms. The highest BCUT2D eigenvalue weighted by molar-refractivity contribution is 7.92. The van der Waals surface area contributed by atoms with E-state index in [9.17, 15) is 26.4 Å². The van der Waals surface area contributed by atoms with Gasteiger partial charge >= 0.3 is 5.51 Å². The topological polar surface area (TPSA) is 90.3 Å². The molecule has 3 rings (SSSR count). The molecule has 0 bridgehead atoms. The number of hydrogen-bond acceptors (Lipinski definition) is 5. The molecular weight excluding hydrogens is 435 g/mol. The number of imidazole rings is 1. The van der Waals surface area contributed by atoms with E-state index in [1.54, 1.807) is 48.3 Å². The van der Waals surface area contributed by atoms with Crippen LogP contribution in [0.1, 0.15) is 27.8 Å². The van der Waals surface area contributed by atoms with Crippen LogP contribution in [-0.2, 0) is 16.9 Å². The summed E-state index contributed by atoms with van der Waals surface area (Å²) < 4.78 is 68.0. The van der Waals surface area contributed by atoms with Crippen LogP contribution in [0.15, 0.2) is 65.8 Å². The molecule has 0 aliphatic carbocycles. The Labute approximate surface area is 176 Å². The summed E-state index contributed by atoms with van der Waals surface area (Å²) in [5.41, 5.74) is -4.73. The quantitative estimate of drug-likeness (QED) is 0.619. The predicted molar refractivity (Wildman–Crippen MR) is 105 cm³/mol. The van der Waals surface area contributed by atoms with Crippen LogP contribution in [0, 0.1) is 0 Å². The average molecular weight is 453 g/mol. The molecule has 1 atom stereocenters. The standard InChI is InChI=1S/C20H18F3N3O4S/c1-26-12-11-24-18(26)17(13-3-7-15(30-2)8-4-13)25-19(27)14-5-9-16(10-6-14)31(28,29)20(21,22)23/h3-12,17H,1-2H3,(H,25,27). The number of nitrogens with one attached hydrogen (secondary N) is 1. The second-order valence-corrected chi connectivity index (χ2v) is 8.49. The molecule has 0 saturated carbocycles. The predicted octanol–water partition coefficient (Wildman–Crippen LogP) is 3.24. The number of aryl methyl sites for hydroxylation is 1. The Morgan fingerprint density at radius 3 is 2.19 bits per heavy atom. The SMILES string of the molecule is COc1ccc(C(NC(=O)c2ccc(S(=O)(=O)C(F)(F)F)cc2)c2nccn2C)cc1. The van der Waals surface area contributed by atoms with Crippen LogP contribution in [0.2, 0.25) is 0 Å². The van der Waals surface area contributed by atoms with Crippen molar-refractivity contribution >= 4 is 15.7 Å². The fourth-order valence-electron chi connectivity index (χ4n) is 2.88. The normalized spacial score (nSPS) is 12.9. The Morgan fingerprint density at radius 2 is 1.71 bits per heavy atom. The first kappa shape index (κ1) is 22.3. The number of aromatic nitrogens is 2. The van der Waals surface area contributed by atoms with Crippen LogP contribution < -0.4 is 10.1 Å². The summed E-state index contributed by atoms with van der Waals surface area (Å²) in [5, 5.41) is 2.78. The summed E-state index contributed by atoms with van der Waals surface area (Å²) in [6.45, 7) is 0. The van der Waals surface area contributed by atoms with Crippen molar-refractivity contribution in [3.63, 3.8) is 0 Å². The van der Waals surface area contributed by atoms with Gasteiger partial charge in [0.25, 0.3) is 15.7 Å². The molecule has 7 nitrogen and oxygen atoms in total. The van der Waals surface area contributed by atoms with E-state index < -0.39 is 32.2 Å². The van der Waals surface area contributed by atoms with Crippen LogP contribution in [0.4, 0.5) is 13.2 Å². The van der Waals surface area contributed by atoms with Crippen molar-refractivity contribution < 1.29 is 31.1 Å². The number of nitrogens with zero attached hydrogens (tertiary/aromatic N) is 2. The number of amides is 1. The van der Waals surface area contributed by atoms with Gasteiger partial charge in [-0.1, -0.05) is 12.1 Å². The summed E-state index contributed by atoms with van der Waals surface area (Å²) in [6, 6.07) is 9.81. The van der Waals surface area contributed by atoms with Crippen LogP contribution in [0.5, 0.6) is 5.75 Å². The zero-order valence-electron chi connectivity index (χ0n) is 16.4. The summed E-state index contributed by atoms with van der Waals surface area (Å²) in [6.07, 6.45) is 3.27.